The second-order valence-electron chi connectivity index (χ2n) is 3.68. The van der Waals surface area contributed by atoms with E-state index in [1.807, 2.05) is 12.1 Å². The number of hydrogen-bond donors (Lipinski definition) is 1. The molecule has 0 bridgehead atoms. The van der Waals surface area contributed by atoms with Crippen molar-refractivity contribution in [2.75, 3.05) is 0 Å². The first-order chi connectivity index (χ1) is 8.08. The minimum Gasteiger partial charge on any atom is -0.324 e. The van der Waals surface area contributed by atoms with Crippen LogP contribution in [0.1, 0.15) is 17.2 Å². The molecule has 5 heteroatoms. The van der Waals surface area contributed by atoms with Crippen LogP contribution in [-0.2, 0) is 6.42 Å². The van der Waals surface area contributed by atoms with Gasteiger partial charge < -0.3 is 5.73 Å². The zero-order valence-electron chi connectivity index (χ0n) is 8.79. The van der Waals surface area contributed by atoms with E-state index >= 15 is 0 Å². The molecular formula is C12H10Br2FNS. The maximum Gasteiger partial charge on any atom is 0.126 e. The summed E-state index contributed by atoms with van der Waals surface area (Å²) in [5.41, 5.74) is 7.75. The highest BCUT2D eigenvalue weighted by Gasteiger charge is 2.15. The fourth-order valence-corrected chi connectivity index (χ4v) is 4.62. The van der Waals surface area contributed by atoms with Crippen LogP contribution in [0.25, 0.3) is 0 Å². The molecular weight excluding hydrogens is 369 g/mol. The van der Waals surface area contributed by atoms with Gasteiger partial charge >= 0.3 is 0 Å². The Morgan fingerprint density at radius 3 is 2.59 bits per heavy atom. The molecule has 1 unspecified atom stereocenters. The van der Waals surface area contributed by atoms with E-state index in [-0.39, 0.29) is 11.9 Å². The Hall–Kier alpha value is -0.230. The van der Waals surface area contributed by atoms with Crippen molar-refractivity contribution < 1.29 is 4.39 Å². The predicted molar refractivity (Wildman–Crippen MR) is 76.8 cm³/mol. The number of benzene rings is 1. The van der Waals surface area contributed by atoms with E-state index < -0.39 is 0 Å². The highest BCUT2D eigenvalue weighted by Crippen LogP contribution is 2.35. The predicted octanol–water partition coefficient (Wildman–Crippen LogP) is 4.65. The molecule has 2 rings (SSSR count). The molecule has 0 amide bonds. The monoisotopic (exact) mass is 377 g/mol. The first-order valence-electron chi connectivity index (χ1n) is 5.01. The molecule has 0 fully saturated rings. The van der Waals surface area contributed by atoms with Gasteiger partial charge in [0.25, 0.3) is 0 Å². The summed E-state index contributed by atoms with van der Waals surface area (Å²) in [4.78, 5) is 0. The third-order valence-electron chi connectivity index (χ3n) is 2.48. The van der Waals surface area contributed by atoms with Crippen LogP contribution >= 0.6 is 43.2 Å². The number of halogens is 3. The minimum absolute atomic E-state index is 0.201. The van der Waals surface area contributed by atoms with E-state index in [0.29, 0.717) is 12.0 Å². The van der Waals surface area contributed by atoms with Gasteiger partial charge in [-0.2, -0.15) is 0 Å². The maximum absolute atomic E-state index is 13.5. The third kappa shape index (κ3) is 3.16. The summed E-state index contributed by atoms with van der Waals surface area (Å²) in [5, 5.41) is 0. The van der Waals surface area contributed by atoms with Crippen LogP contribution in [0.3, 0.4) is 0 Å². The minimum atomic E-state index is -0.205. The van der Waals surface area contributed by atoms with Crippen molar-refractivity contribution in [3.05, 3.63) is 54.8 Å². The molecule has 0 aliphatic heterocycles. The van der Waals surface area contributed by atoms with Crippen LogP contribution in [-0.4, -0.2) is 0 Å². The maximum atomic E-state index is 13.5. The second-order valence-corrected chi connectivity index (χ2v) is 7.43. The van der Waals surface area contributed by atoms with Gasteiger partial charge in [0.1, 0.15) is 5.82 Å². The lowest BCUT2D eigenvalue weighted by molar-refractivity contribution is 0.593. The zero-order chi connectivity index (χ0) is 12.4. The average Bonchev–Trinajstić information content (AvgIpc) is 2.61. The van der Waals surface area contributed by atoms with Crippen LogP contribution in [0.4, 0.5) is 4.39 Å². The molecule has 1 nitrogen and oxygen atoms in total. The fraction of sp³-hybridized carbons (Fsp3) is 0.167. The lowest BCUT2D eigenvalue weighted by atomic mass is 10.0. The summed E-state index contributed by atoms with van der Waals surface area (Å²) in [6.45, 7) is 0. The van der Waals surface area contributed by atoms with E-state index in [9.17, 15) is 4.39 Å². The molecule has 1 atom stereocenters. The molecule has 1 heterocycles. The van der Waals surface area contributed by atoms with Gasteiger partial charge in [0.2, 0.25) is 0 Å². The SMILES string of the molecule is NC(Cc1ccccc1F)c1cc(Br)sc1Br. The van der Waals surface area contributed by atoms with Crippen molar-refractivity contribution in [1.82, 2.24) is 0 Å². The van der Waals surface area contributed by atoms with Crippen LogP contribution in [0.2, 0.25) is 0 Å². The Kier molecular flexibility index (Phi) is 4.36. The highest BCUT2D eigenvalue weighted by molar-refractivity contribution is 9.12. The highest BCUT2D eigenvalue weighted by atomic mass is 79.9. The topological polar surface area (TPSA) is 26.0 Å². The first kappa shape index (κ1) is 13.2. The molecule has 0 spiro atoms. The van der Waals surface area contributed by atoms with E-state index in [1.165, 1.54) is 6.07 Å². The lowest BCUT2D eigenvalue weighted by Gasteiger charge is -2.11. The second kappa shape index (κ2) is 5.61. The summed E-state index contributed by atoms with van der Waals surface area (Å²) in [5.74, 6) is -0.201. The van der Waals surface area contributed by atoms with Crippen LogP contribution in [0.5, 0.6) is 0 Å². The Bertz CT molecular complexity index is 527. The average molecular weight is 379 g/mol. The molecule has 1 aromatic heterocycles. The van der Waals surface area contributed by atoms with Gasteiger partial charge in [0.05, 0.1) is 7.57 Å². The Morgan fingerprint density at radius 1 is 1.29 bits per heavy atom. The summed E-state index contributed by atoms with van der Waals surface area (Å²) in [6.07, 6.45) is 0.494. The number of thiophene rings is 1. The standard InChI is InChI=1S/C12H10Br2FNS/c13-11-6-8(12(14)17-11)10(16)5-7-3-1-2-4-9(7)15/h1-4,6,10H,5,16H2. The Labute approximate surface area is 120 Å². The van der Waals surface area contributed by atoms with E-state index in [0.717, 1.165) is 13.1 Å². The normalized spacial score (nSPS) is 12.7. The molecule has 2 aromatic rings. The quantitative estimate of drug-likeness (QED) is 0.826. The Morgan fingerprint density at radius 2 is 2.00 bits per heavy atom. The lowest BCUT2D eigenvalue weighted by Crippen LogP contribution is -2.13. The van der Waals surface area contributed by atoms with Crippen LogP contribution < -0.4 is 5.73 Å². The third-order valence-corrected chi connectivity index (χ3v) is 4.87. The summed E-state index contributed by atoms with van der Waals surface area (Å²) >= 11 is 8.45. The largest absolute Gasteiger partial charge is 0.324 e. The summed E-state index contributed by atoms with van der Waals surface area (Å²) in [6, 6.07) is 8.50. The first-order valence-corrected chi connectivity index (χ1v) is 7.42. The van der Waals surface area contributed by atoms with Gasteiger partial charge in [-0.1, -0.05) is 18.2 Å². The van der Waals surface area contributed by atoms with Crippen LogP contribution in [0, 0.1) is 5.82 Å². The molecule has 0 aliphatic carbocycles. The molecule has 0 radical (unpaired) electrons. The van der Waals surface area contributed by atoms with E-state index in [1.54, 1.807) is 23.5 Å². The number of nitrogens with two attached hydrogens (primary N) is 1. The van der Waals surface area contributed by atoms with Crippen molar-refractivity contribution >= 4 is 43.2 Å². The molecule has 0 saturated heterocycles. The molecule has 1 aromatic carbocycles. The molecule has 0 aliphatic rings. The van der Waals surface area contributed by atoms with Crippen molar-refractivity contribution in [1.29, 1.82) is 0 Å². The summed E-state index contributed by atoms with van der Waals surface area (Å²) < 4.78 is 15.5. The van der Waals surface area contributed by atoms with Gasteiger partial charge in [-0.3, -0.25) is 0 Å². The van der Waals surface area contributed by atoms with E-state index in [2.05, 4.69) is 31.9 Å². The molecule has 2 N–H and O–H groups in total. The molecule has 17 heavy (non-hydrogen) atoms. The van der Waals surface area contributed by atoms with E-state index in [4.69, 9.17) is 5.73 Å². The van der Waals surface area contributed by atoms with Crippen molar-refractivity contribution in [3.8, 4) is 0 Å². The van der Waals surface area contributed by atoms with Crippen molar-refractivity contribution in [3.63, 3.8) is 0 Å². The Balaban J connectivity index is 2.20. The van der Waals surface area contributed by atoms with Crippen molar-refractivity contribution in [2.45, 2.75) is 12.5 Å². The van der Waals surface area contributed by atoms with Gasteiger partial charge in [-0.25, -0.2) is 4.39 Å². The van der Waals surface area contributed by atoms with Gasteiger partial charge in [-0.05, 0) is 61.5 Å². The molecule has 0 saturated carbocycles. The van der Waals surface area contributed by atoms with Gasteiger partial charge in [-0.15, -0.1) is 11.3 Å². The van der Waals surface area contributed by atoms with Crippen molar-refractivity contribution in [2.24, 2.45) is 5.73 Å². The number of rotatable bonds is 3. The zero-order valence-corrected chi connectivity index (χ0v) is 12.8. The number of hydrogen-bond acceptors (Lipinski definition) is 2. The fourth-order valence-electron chi connectivity index (χ4n) is 1.62. The smallest absolute Gasteiger partial charge is 0.126 e. The molecule has 90 valence electrons. The van der Waals surface area contributed by atoms with Crippen LogP contribution in [0.15, 0.2) is 37.9 Å². The van der Waals surface area contributed by atoms with Gasteiger partial charge in [0, 0.05) is 6.04 Å². The van der Waals surface area contributed by atoms with Gasteiger partial charge in [0.15, 0.2) is 0 Å². The summed E-state index contributed by atoms with van der Waals surface area (Å²) in [7, 11) is 0.